The summed E-state index contributed by atoms with van der Waals surface area (Å²) in [6.45, 7) is 10.1. The number of hydrogen-bond donors (Lipinski definition) is 0. The molecule has 1 amide bonds. The van der Waals surface area contributed by atoms with Gasteiger partial charge in [-0.05, 0) is 26.7 Å². The van der Waals surface area contributed by atoms with Gasteiger partial charge >= 0.3 is 12.1 Å². The SMILES string of the molecule is CCOC(=O)C(C)N(CC(C)C)C(=O)OCC. The minimum Gasteiger partial charge on any atom is -0.464 e. The maximum atomic E-state index is 11.7. The van der Waals surface area contributed by atoms with Gasteiger partial charge in [-0.3, -0.25) is 4.90 Å². The number of rotatable bonds is 6. The lowest BCUT2D eigenvalue weighted by atomic mass is 10.2. The van der Waals surface area contributed by atoms with Gasteiger partial charge in [0.1, 0.15) is 6.04 Å². The lowest BCUT2D eigenvalue weighted by Gasteiger charge is -2.28. The Labute approximate surface area is 103 Å². The summed E-state index contributed by atoms with van der Waals surface area (Å²) in [5.74, 6) is -0.141. The average Bonchev–Trinajstić information content (AvgIpc) is 2.25. The number of carbonyl (C=O) groups is 2. The van der Waals surface area contributed by atoms with Crippen molar-refractivity contribution in [3.63, 3.8) is 0 Å². The van der Waals surface area contributed by atoms with Gasteiger partial charge in [0.15, 0.2) is 0 Å². The molecule has 0 radical (unpaired) electrons. The van der Waals surface area contributed by atoms with Crippen molar-refractivity contribution in [2.24, 2.45) is 5.92 Å². The number of esters is 1. The highest BCUT2D eigenvalue weighted by molar-refractivity contribution is 5.81. The lowest BCUT2D eigenvalue weighted by Crippen LogP contribution is -2.46. The summed E-state index contributed by atoms with van der Waals surface area (Å²) in [6, 6.07) is -0.614. The van der Waals surface area contributed by atoms with Crippen molar-refractivity contribution in [2.75, 3.05) is 19.8 Å². The van der Waals surface area contributed by atoms with Crippen molar-refractivity contribution < 1.29 is 19.1 Å². The number of amides is 1. The number of hydrogen-bond acceptors (Lipinski definition) is 4. The van der Waals surface area contributed by atoms with Crippen LogP contribution in [0.25, 0.3) is 0 Å². The smallest absolute Gasteiger partial charge is 0.410 e. The molecule has 1 atom stereocenters. The van der Waals surface area contributed by atoms with E-state index in [0.29, 0.717) is 19.8 Å². The Morgan fingerprint density at radius 1 is 1.06 bits per heavy atom. The van der Waals surface area contributed by atoms with E-state index in [1.54, 1.807) is 20.8 Å². The molecule has 0 rings (SSSR count). The fraction of sp³-hybridized carbons (Fsp3) is 0.833. The van der Waals surface area contributed by atoms with Crippen LogP contribution < -0.4 is 0 Å². The predicted molar refractivity (Wildman–Crippen MR) is 64.7 cm³/mol. The topological polar surface area (TPSA) is 55.8 Å². The summed E-state index contributed by atoms with van der Waals surface area (Å²) in [5, 5.41) is 0. The van der Waals surface area contributed by atoms with Gasteiger partial charge in [-0.2, -0.15) is 0 Å². The van der Waals surface area contributed by atoms with Crippen molar-refractivity contribution in [1.82, 2.24) is 4.90 Å². The van der Waals surface area contributed by atoms with Crippen molar-refractivity contribution >= 4 is 12.1 Å². The molecule has 0 fully saturated rings. The van der Waals surface area contributed by atoms with Gasteiger partial charge in [-0.15, -0.1) is 0 Å². The third-order valence-electron chi connectivity index (χ3n) is 2.16. The molecule has 5 heteroatoms. The van der Waals surface area contributed by atoms with Crippen LogP contribution in [-0.4, -0.2) is 42.8 Å². The molecule has 0 aliphatic rings. The van der Waals surface area contributed by atoms with Crippen molar-refractivity contribution in [3.8, 4) is 0 Å². The third kappa shape index (κ3) is 5.56. The first-order valence-corrected chi connectivity index (χ1v) is 6.04. The molecule has 0 heterocycles. The summed E-state index contributed by atoms with van der Waals surface area (Å²) in [7, 11) is 0. The van der Waals surface area contributed by atoms with Gasteiger partial charge in [0.25, 0.3) is 0 Å². The molecule has 0 aromatic carbocycles. The van der Waals surface area contributed by atoms with Gasteiger partial charge in [0.2, 0.25) is 0 Å². The Hall–Kier alpha value is -1.26. The van der Waals surface area contributed by atoms with Gasteiger partial charge in [0.05, 0.1) is 13.2 Å². The Kier molecular flexibility index (Phi) is 7.34. The van der Waals surface area contributed by atoms with Crippen LogP contribution in [0.5, 0.6) is 0 Å². The number of nitrogens with zero attached hydrogens (tertiary/aromatic N) is 1. The molecule has 0 aliphatic carbocycles. The minimum absolute atomic E-state index is 0.260. The molecule has 0 saturated heterocycles. The minimum atomic E-state index is -0.614. The maximum absolute atomic E-state index is 11.7. The summed E-state index contributed by atoms with van der Waals surface area (Å²) in [4.78, 5) is 24.7. The molecule has 0 saturated carbocycles. The molecule has 1 unspecified atom stereocenters. The molecular weight excluding hydrogens is 222 g/mol. The quantitative estimate of drug-likeness (QED) is 0.672. The van der Waals surface area contributed by atoms with Gasteiger partial charge in [-0.1, -0.05) is 13.8 Å². The van der Waals surface area contributed by atoms with Gasteiger partial charge in [0, 0.05) is 6.54 Å². The standard InChI is InChI=1S/C12H23NO4/c1-6-16-11(14)10(5)13(8-9(3)4)12(15)17-7-2/h9-10H,6-8H2,1-5H3. The monoisotopic (exact) mass is 245 g/mol. The molecule has 5 nitrogen and oxygen atoms in total. The van der Waals surface area contributed by atoms with Crippen LogP contribution in [0.15, 0.2) is 0 Å². The summed E-state index contributed by atoms with van der Waals surface area (Å²) in [5.41, 5.74) is 0. The van der Waals surface area contributed by atoms with Gasteiger partial charge < -0.3 is 9.47 Å². The molecule has 0 aromatic heterocycles. The van der Waals surface area contributed by atoms with Crippen LogP contribution in [0.1, 0.15) is 34.6 Å². The van der Waals surface area contributed by atoms with Crippen LogP contribution in [0.2, 0.25) is 0 Å². The zero-order valence-electron chi connectivity index (χ0n) is 11.4. The van der Waals surface area contributed by atoms with Crippen molar-refractivity contribution in [3.05, 3.63) is 0 Å². The molecule has 0 spiro atoms. The second-order valence-corrected chi connectivity index (χ2v) is 4.17. The largest absolute Gasteiger partial charge is 0.464 e. The Balaban J connectivity index is 4.65. The molecule has 0 aliphatic heterocycles. The van der Waals surface area contributed by atoms with Crippen LogP contribution in [0.3, 0.4) is 0 Å². The molecule has 17 heavy (non-hydrogen) atoms. The third-order valence-corrected chi connectivity index (χ3v) is 2.16. The van der Waals surface area contributed by atoms with E-state index < -0.39 is 18.1 Å². The first kappa shape index (κ1) is 15.7. The highest BCUT2D eigenvalue weighted by Gasteiger charge is 2.28. The zero-order valence-corrected chi connectivity index (χ0v) is 11.4. The Morgan fingerprint density at radius 3 is 2.00 bits per heavy atom. The van der Waals surface area contributed by atoms with Crippen LogP contribution in [0, 0.1) is 5.92 Å². The Bertz CT molecular complexity index is 253. The molecule has 0 N–H and O–H groups in total. The van der Waals surface area contributed by atoms with E-state index in [1.165, 1.54) is 4.90 Å². The average molecular weight is 245 g/mol. The summed E-state index contributed by atoms with van der Waals surface area (Å²) >= 11 is 0. The molecule has 100 valence electrons. The maximum Gasteiger partial charge on any atom is 0.410 e. The Morgan fingerprint density at radius 2 is 1.59 bits per heavy atom. The normalized spacial score (nSPS) is 12.1. The van der Waals surface area contributed by atoms with E-state index in [0.717, 1.165) is 0 Å². The summed E-state index contributed by atoms with van der Waals surface area (Å²) in [6.07, 6.45) is -0.471. The van der Waals surface area contributed by atoms with E-state index in [1.807, 2.05) is 13.8 Å². The van der Waals surface area contributed by atoms with Gasteiger partial charge in [-0.25, -0.2) is 9.59 Å². The van der Waals surface area contributed by atoms with Crippen LogP contribution >= 0.6 is 0 Å². The van der Waals surface area contributed by atoms with E-state index in [4.69, 9.17) is 9.47 Å². The number of ether oxygens (including phenoxy) is 2. The zero-order chi connectivity index (χ0) is 13.4. The first-order valence-electron chi connectivity index (χ1n) is 6.04. The van der Waals surface area contributed by atoms with Crippen molar-refractivity contribution in [2.45, 2.75) is 40.7 Å². The highest BCUT2D eigenvalue weighted by Crippen LogP contribution is 2.08. The fourth-order valence-electron chi connectivity index (χ4n) is 1.38. The van der Waals surface area contributed by atoms with E-state index in [2.05, 4.69) is 0 Å². The van der Waals surface area contributed by atoms with E-state index in [9.17, 15) is 9.59 Å². The highest BCUT2D eigenvalue weighted by atomic mass is 16.6. The molecule has 0 bridgehead atoms. The lowest BCUT2D eigenvalue weighted by molar-refractivity contribution is -0.148. The second-order valence-electron chi connectivity index (χ2n) is 4.17. The second kappa shape index (κ2) is 7.92. The predicted octanol–water partition coefficient (Wildman–Crippen LogP) is 2.05. The number of carbonyl (C=O) groups excluding carboxylic acids is 2. The first-order chi connectivity index (χ1) is 7.93. The van der Waals surface area contributed by atoms with E-state index in [-0.39, 0.29) is 5.92 Å². The van der Waals surface area contributed by atoms with E-state index >= 15 is 0 Å². The van der Waals surface area contributed by atoms with Crippen molar-refractivity contribution in [1.29, 1.82) is 0 Å². The molecular formula is C12H23NO4. The fourth-order valence-corrected chi connectivity index (χ4v) is 1.38. The van der Waals surface area contributed by atoms with Crippen LogP contribution in [-0.2, 0) is 14.3 Å². The molecule has 0 aromatic rings. The van der Waals surface area contributed by atoms with Crippen LogP contribution in [0.4, 0.5) is 4.79 Å². The summed E-state index contributed by atoms with van der Waals surface area (Å²) < 4.78 is 9.84.